The smallest absolute Gasteiger partial charge is 0.264 e. The van der Waals surface area contributed by atoms with Crippen LogP contribution in [0.5, 0.6) is 0 Å². The number of nitrogens with one attached hydrogen (secondary N) is 1. The monoisotopic (exact) mass is 416 g/mol. The van der Waals surface area contributed by atoms with Crippen LogP contribution in [0.2, 0.25) is 0 Å². The molecule has 0 heterocycles. The Morgan fingerprint density at radius 3 is 2.41 bits per heavy atom. The fourth-order valence-electron chi connectivity index (χ4n) is 3.21. The molecule has 0 fully saturated rings. The van der Waals surface area contributed by atoms with Gasteiger partial charge in [0.15, 0.2) is 0 Å². The Bertz CT molecular complexity index is 882. The molecule has 0 saturated carbocycles. The molecular formula is C23H32N2O3S. The molecule has 0 aromatic heterocycles. The van der Waals surface area contributed by atoms with Gasteiger partial charge in [0, 0.05) is 6.54 Å². The number of sulfonamides is 1. The third-order valence-corrected chi connectivity index (χ3v) is 6.83. The number of hydrogen-bond acceptors (Lipinski definition) is 3. The van der Waals surface area contributed by atoms with E-state index in [0.717, 1.165) is 31.2 Å². The Morgan fingerprint density at radius 1 is 1.07 bits per heavy atom. The number of nitrogens with zero attached hydrogens (tertiary/aromatic N) is 1. The van der Waals surface area contributed by atoms with Crippen LogP contribution >= 0.6 is 0 Å². The van der Waals surface area contributed by atoms with Gasteiger partial charge in [-0.15, -0.1) is 0 Å². The summed E-state index contributed by atoms with van der Waals surface area (Å²) in [5, 5.41) is 2.94. The Kier molecular flexibility index (Phi) is 8.70. The van der Waals surface area contributed by atoms with Gasteiger partial charge in [0.1, 0.15) is 6.54 Å². The topological polar surface area (TPSA) is 66.5 Å². The third-order valence-electron chi connectivity index (χ3n) is 5.04. The number of carbonyl (C=O) groups excluding carboxylic acids is 1. The summed E-state index contributed by atoms with van der Waals surface area (Å²) in [6.45, 7) is 6.49. The van der Waals surface area contributed by atoms with E-state index < -0.39 is 10.0 Å². The summed E-state index contributed by atoms with van der Waals surface area (Å²) in [6.07, 6.45) is 4.31. The zero-order chi connectivity index (χ0) is 21.3. The highest BCUT2D eigenvalue weighted by Gasteiger charge is 2.27. The van der Waals surface area contributed by atoms with Crippen molar-refractivity contribution >= 4 is 21.6 Å². The first-order valence-corrected chi connectivity index (χ1v) is 11.7. The molecule has 1 unspecified atom stereocenters. The highest BCUT2D eigenvalue weighted by Crippen LogP contribution is 2.24. The molecule has 158 valence electrons. The van der Waals surface area contributed by atoms with E-state index in [0.29, 0.717) is 18.2 Å². The SMILES string of the molecule is CCCCC(CC)CNC(=O)CN(c1cccc(C)c1)S(=O)(=O)c1ccccc1. The Labute approximate surface area is 175 Å². The van der Waals surface area contributed by atoms with Gasteiger partial charge in [-0.2, -0.15) is 0 Å². The quantitative estimate of drug-likeness (QED) is 0.585. The number of rotatable bonds is 11. The molecule has 5 nitrogen and oxygen atoms in total. The molecule has 0 bridgehead atoms. The molecule has 0 aliphatic heterocycles. The lowest BCUT2D eigenvalue weighted by Gasteiger charge is -2.25. The molecule has 2 aromatic rings. The van der Waals surface area contributed by atoms with Gasteiger partial charge in [-0.1, -0.05) is 63.4 Å². The maximum absolute atomic E-state index is 13.3. The van der Waals surface area contributed by atoms with Crippen molar-refractivity contribution in [2.75, 3.05) is 17.4 Å². The average Bonchev–Trinajstić information content (AvgIpc) is 2.72. The zero-order valence-electron chi connectivity index (χ0n) is 17.6. The summed E-state index contributed by atoms with van der Waals surface area (Å²) in [5.41, 5.74) is 1.42. The number of benzene rings is 2. The molecule has 0 radical (unpaired) electrons. The first-order valence-electron chi connectivity index (χ1n) is 10.3. The molecule has 0 spiro atoms. The van der Waals surface area contributed by atoms with Crippen LogP contribution < -0.4 is 9.62 Å². The van der Waals surface area contributed by atoms with E-state index in [9.17, 15) is 13.2 Å². The van der Waals surface area contributed by atoms with Gasteiger partial charge in [0.05, 0.1) is 10.6 Å². The van der Waals surface area contributed by atoms with Crippen molar-refractivity contribution in [2.24, 2.45) is 5.92 Å². The van der Waals surface area contributed by atoms with Crippen molar-refractivity contribution in [3.63, 3.8) is 0 Å². The van der Waals surface area contributed by atoms with Gasteiger partial charge < -0.3 is 5.32 Å². The lowest BCUT2D eigenvalue weighted by molar-refractivity contribution is -0.119. The minimum atomic E-state index is -3.85. The summed E-state index contributed by atoms with van der Waals surface area (Å²) in [7, 11) is -3.85. The van der Waals surface area contributed by atoms with E-state index in [1.54, 1.807) is 48.5 Å². The van der Waals surface area contributed by atoms with Crippen LogP contribution in [0.3, 0.4) is 0 Å². The lowest BCUT2D eigenvalue weighted by Crippen LogP contribution is -2.42. The maximum atomic E-state index is 13.3. The standard InChI is InChI=1S/C23H32N2O3S/c1-4-6-12-20(5-2)17-24-23(26)18-25(21-13-10-11-19(3)16-21)29(27,28)22-14-8-7-9-15-22/h7-11,13-16,20H,4-6,12,17-18H2,1-3H3,(H,24,26). The van der Waals surface area contributed by atoms with Crippen LogP contribution in [0.4, 0.5) is 5.69 Å². The molecule has 1 N–H and O–H groups in total. The highest BCUT2D eigenvalue weighted by molar-refractivity contribution is 7.92. The minimum absolute atomic E-state index is 0.170. The Morgan fingerprint density at radius 2 is 1.79 bits per heavy atom. The van der Waals surface area contributed by atoms with Gasteiger partial charge >= 0.3 is 0 Å². The third kappa shape index (κ3) is 6.60. The van der Waals surface area contributed by atoms with E-state index in [4.69, 9.17) is 0 Å². The second kappa shape index (κ2) is 11.0. The second-order valence-corrected chi connectivity index (χ2v) is 9.25. The molecule has 2 aromatic carbocycles. The number of aryl methyl sites for hydroxylation is 1. The van der Waals surface area contributed by atoms with Gasteiger partial charge in [-0.05, 0) is 49.1 Å². The first-order chi connectivity index (χ1) is 13.9. The fourth-order valence-corrected chi connectivity index (χ4v) is 4.64. The Balaban J connectivity index is 2.21. The molecule has 6 heteroatoms. The van der Waals surface area contributed by atoms with Crippen LogP contribution in [0.15, 0.2) is 59.5 Å². The van der Waals surface area contributed by atoms with Crippen LogP contribution in [0.1, 0.15) is 45.1 Å². The number of hydrogen-bond donors (Lipinski definition) is 1. The zero-order valence-corrected chi connectivity index (χ0v) is 18.4. The van der Waals surface area contributed by atoms with Crippen molar-refractivity contribution in [2.45, 2.75) is 51.3 Å². The largest absolute Gasteiger partial charge is 0.354 e. The van der Waals surface area contributed by atoms with Gasteiger partial charge in [-0.3, -0.25) is 9.10 Å². The van der Waals surface area contributed by atoms with Gasteiger partial charge in [0.2, 0.25) is 5.91 Å². The number of anilines is 1. The number of amides is 1. The molecule has 2 rings (SSSR count). The minimum Gasteiger partial charge on any atom is -0.354 e. The van der Waals surface area contributed by atoms with Crippen LogP contribution in [-0.4, -0.2) is 27.4 Å². The fraction of sp³-hybridized carbons (Fsp3) is 0.435. The summed E-state index contributed by atoms with van der Waals surface area (Å²) in [4.78, 5) is 12.8. The average molecular weight is 417 g/mol. The van der Waals surface area contributed by atoms with Gasteiger partial charge in [-0.25, -0.2) is 8.42 Å². The van der Waals surface area contributed by atoms with E-state index >= 15 is 0 Å². The molecule has 29 heavy (non-hydrogen) atoms. The lowest BCUT2D eigenvalue weighted by atomic mass is 9.99. The normalized spacial score (nSPS) is 12.4. The second-order valence-electron chi connectivity index (χ2n) is 7.38. The van der Waals surface area contributed by atoms with Crippen LogP contribution in [-0.2, 0) is 14.8 Å². The molecule has 1 atom stereocenters. The first kappa shape index (κ1) is 22.9. The maximum Gasteiger partial charge on any atom is 0.264 e. The summed E-state index contributed by atoms with van der Waals surface area (Å²) >= 11 is 0. The van der Waals surface area contributed by atoms with E-state index in [-0.39, 0.29) is 17.3 Å². The predicted octanol–water partition coefficient (Wildman–Crippen LogP) is 4.52. The summed E-state index contributed by atoms with van der Waals surface area (Å²) < 4.78 is 27.7. The van der Waals surface area contributed by atoms with E-state index in [1.807, 2.05) is 13.0 Å². The van der Waals surface area contributed by atoms with E-state index in [1.165, 1.54) is 4.31 Å². The van der Waals surface area contributed by atoms with Crippen LogP contribution in [0.25, 0.3) is 0 Å². The van der Waals surface area contributed by atoms with Crippen LogP contribution in [0, 0.1) is 12.8 Å². The van der Waals surface area contributed by atoms with Crippen molar-refractivity contribution in [3.05, 3.63) is 60.2 Å². The van der Waals surface area contributed by atoms with Crippen molar-refractivity contribution in [1.29, 1.82) is 0 Å². The summed E-state index contributed by atoms with van der Waals surface area (Å²) in [5.74, 6) is 0.123. The molecule has 1 amide bonds. The number of carbonyl (C=O) groups is 1. The summed E-state index contributed by atoms with van der Waals surface area (Å²) in [6, 6.07) is 15.4. The predicted molar refractivity (Wildman–Crippen MR) is 118 cm³/mol. The molecule has 0 saturated heterocycles. The Hall–Kier alpha value is -2.34. The van der Waals surface area contributed by atoms with Crippen molar-refractivity contribution < 1.29 is 13.2 Å². The van der Waals surface area contributed by atoms with Crippen molar-refractivity contribution in [1.82, 2.24) is 5.32 Å². The highest BCUT2D eigenvalue weighted by atomic mass is 32.2. The van der Waals surface area contributed by atoms with Gasteiger partial charge in [0.25, 0.3) is 10.0 Å². The molecule has 0 aliphatic rings. The number of unbranched alkanes of at least 4 members (excludes halogenated alkanes) is 1. The van der Waals surface area contributed by atoms with Crippen molar-refractivity contribution in [3.8, 4) is 0 Å². The molecule has 0 aliphatic carbocycles. The molecular weight excluding hydrogens is 384 g/mol. The van der Waals surface area contributed by atoms with E-state index in [2.05, 4.69) is 19.2 Å².